The normalized spacial score (nSPS) is 23.7. The van der Waals surface area contributed by atoms with E-state index in [0.29, 0.717) is 12.1 Å². The zero-order chi connectivity index (χ0) is 10.5. The minimum atomic E-state index is 0.344. The minimum Gasteiger partial charge on any atom is -0.315 e. The highest BCUT2D eigenvalue weighted by Crippen LogP contribution is 2.11. The van der Waals surface area contributed by atoms with Crippen molar-refractivity contribution < 1.29 is 0 Å². The molecule has 0 aliphatic carbocycles. The second kappa shape index (κ2) is 5.24. The lowest BCUT2D eigenvalue weighted by Crippen LogP contribution is -2.44. The summed E-state index contributed by atoms with van der Waals surface area (Å²) >= 11 is 0. The molecule has 0 radical (unpaired) electrons. The summed E-state index contributed by atoms with van der Waals surface area (Å²) in [5, 5.41) is 7.02. The maximum absolute atomic E-state index is 4.36. The third kappa shape index (κ3) is 3.01. The van der Waals surface area contributed by atoms with E-state index in [1.54, 1.807) is 0 Å². The van der Waals surface area contributed by atoms with Gasteiger partial charge in [-0.05, 0) is 38.4 Å². The molecule has 0 spiro atoms. The van der Waals surface area contributed by atoms with Crippen LogP contribution in [0.2, 0.25) is 0 Å². The molecule has 2 rings (SSSR count). The molecule has 1 aliphatic heterocycles. The van der Waals surface area contributed by atoms with Crippen LogP contribution in [0.25, 0.3) is 0 Å². The molecular weight excluding hydrogens is 186 g/mol. The van der Waals surface area contributed by atoms with Crippen molar-refractivity contribution in [3.05, 3.63) is 30.1 Å². The molecule has 1 aromatic rings. The Hall–Kier alpha value is -0.930. The highest BCUT2D eigenvalue weighted by atomic mass is 15.0. The molecular formula is C12H19N3. The summed E-state index contributed by atoms with van der Waals surface area (Å²) < 4.78 is 0. The molecule has 15 heavy (non-hydrogen) atoms. The molecule has 2 atom stereocenters. The summed E-state index contributed by atoms with van der Waals surface area (Å²) in [7, 11) is 0. The lowest BCUT2D eigenvalue weighted by atomic mass is 10.1. The molecule has 0 aromatic carbocycles. The van der Waals surface area contributed by atoms with E-state index < -0.39 is 0 Å². The molecule has 3 heteroatoms. The van der Waals surface area contributed by atoms with Gasteiger partial charge in [0.25, 0.3) is 0 Å². The fraction of sp³-hybridized carbons (Fsp3) is 0.583. The largest absolute Gasteiger partial charge is 0.315 e. The number of aromatic nitrogens is 1. The third-order valence-electron chi connectivity index (χ3n) is 2.91. The molecule has 3 nitrogen and oxygen atoms in total. The van der Waals surface area contributed by atoms with Gasteiger partial charge in [-0.25, -0.2) is 0 Å². The predicted molar refractivity (Wildman–Crippen MR) is 61.7 cm³/mol. The molecule has 2 N–H and O–H groups in total. The number of hydrogen-bond donors (Lipinski definition) is 2. The Morgan fingerprint density at radius 1 is 1.53 bits per heavy atom. The van der Waals surface area contributed by atoms with Crippen LogP contribution >= 0.6 is 0 Å². The maximum Gasteiger partial charge on any atom is 0.0570 e. The average Bonchev–Trinajstić information content (AvgIpc) is 2.31. The first-order chi connectivity index (χ1) is 7.36. The van der Waals surface area contributed by atoms with Crippen LogP contribution in [0.1, 0.15) is 31.5 Å². The van der Waals surface area contributed by atoms with Crippen molar-refractivity contribution in [2.75, 3.05) is 13.1 Å². The second-order valence-electron chi connectivity index (χ2n) is 4.19. The van der Waals surface area contributed by atoms with Gasteiger partial charge in [-0.1, -0.05) is 6.07 Å². The summed E-state index contributed by atoms with van der Waals surface area (Å²) in [6.45, 7) is 4.42. The zero-order valence-corrected chi connectivity index (χ0v) is 9.24. The Morgan fingerprint density at radius 2 is 2.47 bits per heavy atom. The molecule has 82 valence electrons. The van der Waals surface area contributed by atoms with Crippen molar-refractivity contribution in [2.24, 2.45) is 0 Å². The van der Waals surface area contributed by atoms with Gasteiger partial charge in [0.05, 0.1) is 5.69 Å². The van der Waals surface area contributed by atoms with Crippen molar-refractivity contribution in [1.82, 2.24) is 15.6 Å². The highest BCUT2D eigenvalue weighted by Gasteiger charge is 2.16. The van der Waals surface area contributed by atoms with Gasteiger partial charge in [0, 0.05) is 24.8 Å². The van der Waals surface area contributed by atoms with Gasteiger partial charge in [0.15, 0.2) is 0 Å². The van der Waals surface area contributed by atoms with Crippen molar-refractivity contribution in [2.45, 2.75) is 31.8 Å². The van der Waals surface area contributed by atoms with E-state index in [9.17, 15) is 0 Å². The molecule has 0 bridgehead atoms. The van der Waals surface area contributed by atoms with E-state index >= 15 is 0 Å². The van der Waals surface area contributed by atoms with E-state index in [1.807, 2.05) is 18.3 Å². The Morgan fingerprint density at radius 3 is 3.13 bits per heavy atom. The van der Waals surface area contributed by atoms with Crippen LogP contribution in [0.15, 0.2) is 24.4 Å². The fourth-order valence-electron chi connectivity index (χ4n) is 2.07. The number of nitrogens with one attached hydrogen (secondary N) is 2. The summed E-state index contributed by atoms with van der Waals surface area (Å²) in [5.41, 5.74) is 1.13. The lowest BCUT2D eigenvalue weighted by molar-refractivity contribution is 0.359. The first-order valence-electron chi connectivity index (χ1n) is 5.74. The van der Waals surface area contributed by atoms with Gasteiger partial charge in [0.1, 0.15) is 0 Å². The Kier molecular flexibility index (Phi) is 3.69. The van der Waals surface area contributed by atoms with Gasteiger partial charge in [-0.15, -0.1) is 0 Å². The molecule has 1 fully saturated rings. The molecule has 1 aliphatic rings. The Bertz CT molecular complexity index is 280. The quantitative estimate of drug-likeness (QED) is 0.785. The van der Waals surface area contributed by atoms with Gasteiger partial charge in [0.2, 0.25) is 0 Å². The molecule has 2 heterocycles. The van der Waals surface area contributed by atoms with Gasteiger partial charge >= 0.3 is 0 Å². The van der Waals surface area contributed by atoms with E-state index in [2.05, 4.69) is 28.6 Å². The Balaban J connectivity index is 1.88. The van der Waals surface area contributed by atoms with E-state index in [1.165, 1.54) is 12.8 Å². The summed E-state index contributed by atoms with van der Waals surface area (Å²) in [5.74, 6) is 0. The average molecular weight is 205 g/mol. The highest BCUT2D eigenvalue weighted by molar-refractivity contribution is 5.08. The first kappa shape index (κ1) is 10.6. The van der Waals surface area contributed by atoms with Gasteiger partial charge in [-0.2, -0.15) is 0 Å². The summed E-state index contributed by atoms with van der Waals surface area (Å²) in [6.07, 6.45) is 4.39. The molecule has 0 unspecified atom stereocenters. The van der Waals surface area contributed by atoms with E-state index in [-0.39, 0.29) is 0 Å². The zero-order valence-electron chi connectivity index (χ0n) is 9.24. The van der Waals surface area contributed by atoms with Gasteiger partial charge < -0.3 is 10.6 Å². The maximum atomic E-state index is 4.36. The number of hydrogen-bond acceptors (Lipinski definition) is 3. The van der Waals surface area contributed by atoms with Gasteiger partial charge in [-0.3, -0.25) is 4.98 Å². The van der Waals surface area contributed by atoms with E-state index in [4.69, 9.17) is 0 Å². The number of nitrogens with zero attached hydrogens (tertiary/aromatic N) is 1. The van der Waals surface area contributed by atoms with Crippen LogP contribution in [0.4, 0.5) is 0 Å². The van der Waals surface area contributed by atoms with Crippen LogP contribution in [0, 0.1) is 0 Å². The predicted octanol–water partition coefficient (Wildman–Crippen LogP) is 1.48. The lowest BCUT2D eigenvalue weighted by Gasteiger charge is -2.27. The third-order valence-corrected chi connectivity index (χ3v) is 2.91. The number of piperidine rings is 1. The second-order valence-corrected chi connectivity index (χ2v) is 4.19. The summed E-state index contributed by atoms with van der Waals surface area (Å²) in [4.78, 5) is 4.36. The Labute approximate surface area is 91.3 Å². The van der Waals surface area contributed by atoms with Crippen LogP contribution in [-0.4, -0.2) is 24.1 Å². The van der Waals surface area contributed by atoms with Crippen molar-refractivity contribution >= 4 is 0 Å². The molecule has 0 amide bonds. The standard InChI is InChI=1S/C12H19N3/c1-10(12-6-2-3-8-14-12)15-11-5-4-7-13-9-11/h2-3,6,8,10-11,13,15H,4-5,7,9H2,1H3/t10-,11+/m1/s1. The van der Waals surface area contributed by atoms with Crippen LogP contribution in [0.5, 0.6) is 0 Å². The molecule has 1 aromatic heterocycles. The van der Waals surface area contributed by atoms with Crippen LogP contribution in [0.3, 0.4) is 0 Å². The van der Waals surface area contributed by atoms with Crippen LogP contribution in [-0.2, 0) is 0 Å². The minimum absolute atomic E-state index is 0.344. The van der Waals surface area contributed by atoms with E-state index in [0.717, 1.165) is 18.8 Å². The first-order valence-corrected chi connectivity index (χ1v) is 5.74. The number of rotatable bonds is 3. The SMILES string of the molecule is C[C@@H](N[C@H]1CCCNC1)c1ccccn1. The van der Waals surface area contributed by atoms with Crippen LogP contribution < -0.4 is 10.6 Å². The number of pyridine rings is 1. The van der Waals surface area contributed by atoms with Crippen molar-refractivity contribution in [1.29, 1.82) is 0 Å². The van der Waals surface area contributed by atoms with Crippen molar-refractivity contribution in [3.63, 3.8) is 0 Å². The smallest absolute Gasteiger partial charge is 0.0570 e. The monoisotopic (exact) mass is 205 g/mol. The fourth-order valence-corrected chi connectivity index (χ4v) is 2.07. The topological polar surface area (TPSA) is 37.0 Å². The van der Waals surface area contributed by atoms with Crippen molar-refractivity contribution in [3.8, 4) is 0 Å². The summed E-state index contributed by atoms with van der Waals surface area (Å²) in [6, 6.07) is 7.01. The molecule has 1 saturated heterocycles. The molecule has 0 saturated carbocycles.